The number of nitrogens with zero attached hydrogens (tertiary/aromatic N) is 2. The summed E-state index contributed by atoms with van der Waals surface area (Å²) in [6.07, 6.45) is 1.57. The molecule has 0 bridgehead atoms. The highest BCUT2D eigenvalue weighted by Crippen LogP contribution is 2.36. The van der Waals surface area contributed by atoms with E-state index in [9.17, 15) is 0 Å². The van der Waals surface area contributed by atoms with Crippen LogP contribution in [0.4, 0.5) is 0 Å². The third-order valence-corrected chi connectivity index (χ3v) is 4.81. The first-order valence-corrected chi connectivity index (χ1v) is 7.17. The second-order valence-corrected chi connectivity index (χ2v) is 5.76. The summed E-state index contributed by atoms with van der Waals surface area (Å²) in [5.74, 6) is -0.0404. The summed E-state index contributed by atoms with van der Waals surface area (Å²) in [5, 5.41) is 12.6. The molecule has 0 saturated heterocycles. The molecule has 7 heteroatoms. The van der Waals surface area contributed by atoms with Crippen LogP contribution in [0.3, 0.4) is 0 Å². The second kappa shape index (κ2) is 6.27. The Bertz CT molecular complexity index is 636. The monoisotopic (exact) mass is 357 g/mol. The van der Waals surface area contributed by atoms with E-state index in [-0.39, 0.29) is 5.84 Å². The molecule has 3 N–H and O–H groups in total. The summed E-state index contributed by atoms with van der Waals surface area (Å²) in [4.78, 5) is 5.19. The van der Waals surface area contributed by atoms with Crippen molar-refractivity contribution in [1.29, 1.82) is 0 Å². The number of hydrogen-bond donors (Lipinski definition) is 2. The third-order valence-electron chi connectivity index (χ3n) is 2.28. The van der Waals surface area contributed by atoms with Gasteiger partial charge in [-0.25, -0.2) is 4.98 Å². The van der Waals surface area contributed by atoms with Crippen LogP contribution < -0.4 is 5.73 Å². The Morgan fingerprint density at radius 1 is 1.37 bits per heavy atom. The lowest BCUT2D eigenvalue weighted by molar-refractivity contribution is 0.318. The number of hydrogen-bond acceptors (Lipinski definition) is 4. The first-order chi connectivity index (χ1) is 9.13. The van der Waals surface area contributed by atoms with Crippen LogP contribution in [0.5, 0.6) is 0 Å². The van der Waals surface area contributed by atoms with Crippen LogP contribution in [0, 0.1) is 0 Å². The maximum Gasteiger partial charge on any atom is 0.171 e. The minimum Gasteiger partial charge on any atom is -0.409 e. The zero-order valence-corrected chi connectivity index (χ0v) is 12.7. The van der Waals surface area contributed by atoms with Crippen LogP contribution in [0.25, 0.3) is 0 Å². The van der Waals surface area contributed by atoms with Crippen LogP contribution in [-0.2, 0) is 0 Å². The van der Waals surface area contributed by atoms with E-state index in [1.54, 1.807) is 12.3 Å². The van der Waals surface area contributed by atoms with E-state index in [1.165, 1.54) is 11.8 Å². The highest BCUT2D eigenvalue weighted by molar-refractivity contribution is 9.10. The quantitative estimate of drug-likeness (QED) is 0.379. The first-order valence-electron chi connectivity index (χ1n) is 5.18. The smallest absolute Gasteiger partial charge is 0.171 e. The van der Waals surface area contributed by atoms with E-state index >= 15 is 0 Å². The van der Waals surface area contributed by atoms with Crippen LogP contribution >= 0.6 is 39.3 Å². The molecule has 98 valence electrons. The molecule has 0 atom stereocenters. The lowest BCUT2D eigenvalue weighted by Crippen LogP contribution is -2.14. The summed E-state index contributed by atoms with van der Waals surface area (Å²) >= 11 is 11.1. The van der Waals surface area contributed by atoms with Gasteiger partial charge in [0.05, 0.1) is 5.02 Å². The van der Waals surface area contributed by atoms with Gasteiger partial charge in [-0.05, 0) is 34.1 Å². The normalized spacial score (nSPS) is 11.6. The van der Waals surface area contributed by atoms with Gasteiger partial charge in [0.15, 0.2) is 5.84 Å². The average molecular weight is 359 g/mol. The first kappa shape index (κ1) is 14.2. The maximum atomic E-state index is 8.71. The van der Waals surface area contributed by atoms with Crippen LogP contribution in [0.1, 0.15) is 5.56 Å². The Morgan fingerprint density at radius 3 is 2.79 bits per heavy atom. The van der Waals surface area contributed by atoms with E-state index in [0.29, 0.717) is 15.6 Å². The molecule has 1 heterocycles. The summed E-state index contributed by atoms with van der Waals surface area (Å²) in [7, 11) is 0. The highest BCUT2D eigenvalue weighted by atomic mass is 79.9. The molecule has 2 aromatic rings. The van der Waals surface area contributed by atoms with Crippen molar-refractivity contribution in [1.82, 2.24) is 4.98 Å². The number of benzene rings is 1. The lowest BCUT2D eigenvalue weighted by Gasteiger charge is -2.08. The van der Waals surface area contributed by atoms with E-state index in [2.05, 4.69) is 26.1 Å². The van der Waals surface area contributed by atoms with E-state index < -0.39 is 0 Å². The van der Waals surface area contributed by atoms with Gasteiger partial charge in [0.1, 0.15) is 5.03 Å². The SMILES string of the molecule is N/C(=N/O)c1ccnc(Sc2ccccc2Br)c1Cl. The van der Waals surface area contributed by atoms with Gasteiger partial charge in [0.2, 0.25) is 0 Å². The van der Waals surface area contributed by atoms with Crippen molar-refractivity contribution in [2.75, 3.05) is 0 Å². The van der Waals surface area contributed by atoms with Gasteiger partial charge < -0.3 is 10.9 Å². The predicted octanol–water partition coefficient (Wildman–Crippen LogP) is 3.74. The molecule has 0 radical (unpaired) electrons. The number of halogens is 2. The maximum absolute atomic E-state index is 8.71. The Kier molecular flexibility index (Phi) is 4.68. The minimum atomic E-state index is -0.0404. The minimum absolute atomic E-state index is 0.0404. The van der Waals surface area contributed by atoms with Gasteiger partial charge >= 0.3 is 0 Å². The predicted molar refractivity (Wildman–Crippen MR) is 80.0 cm³/mol. The molecule has 0 unspecified atom stereocenters. The van der Waals surface area contributed by atoms with Crippen LogP contribution in [0.2, 0.25) is 5.02 Å². The molecule has 0 spiro atoms. The fourth-order valence-corrected chi connectivity index (χ4v) is 3.06. The molecule has 0 aliphatic heterocycles. The van der Waals surface area contributed by atoms with E-state index in [0.717, 1.165) is 9.37 Å². The molecule has 4 nitrogen and oxygen atoms in total. The van der Waals surface area contributed by atoms with Crippen molar-refractivity contribution in [3.05, 3.63) is 51.6 Å². The molecule has 0 amide bonds. The number of pyridine rings is 1. The highest BCUT2D eigenvalue weighted by Gasteiger charge is 2.13. The van der Waals surface area contributed by atoms with Crippen molar-refractivity contribution >= 4 is 45.1 Å². The van der Waals surface area contributed by atoms with E-state index in [4.69, 9.17) is 22.5 Å². The number of rotatable bonds is 3. The second-order valence-electron chi connectivity index (χ2n) is 3.50. The molecule has 0 fully saturated rings. The molecule has 0 aliphatic rings. The number of oxime groups is 1. The van der Waals surface area contributed by atoms with Crippen molar-refractivity contribution < 1.29 is 5.21 Å². The molecule has 19 heavy (non-hydrogen) atoms. The van der Waals surface area contributed by atoms with Crippen molar-refractivity contribution in [2.24, 2.45) is 10.9 Å². The van der Waals surface area contributed by atoms with Crippen molar-refractivity contribution in [3.8, 4) is 0 Å². The lowest BCUT2D eigenvalue weighted by atomic mass is 10.2. The number of nitrogens with two attached hydrogens (primary N) is 1. The van der Waals surface area contributed by atoms with Gasteiger partial charge in [-0.3, -0.25) is 0 Å². The summed E-state index contributed by atoms with van der Waals surface area (Å²) in [5.41, 5.74) is 6.01. The Labute approximate surface area is 127 Å². The van der Waals surface area contributed by atoms with Crippen molar-refractivity contribution in [2.45, 2.75) is 9.92 Å². The molecule has 2 rings (SSSR count). The van der Waals surface area contributed by atoms with Gasteiger partial charge in [-0.1, -0.05) is 40.7 Å². The fraction of sp³-hybridized carbons (Fsp3) is 0. The number of aromatic nitrogens is 1. The Hall–Kier alpha value is -1.24. The molecule has 1 aromatic heterocycles. The summed E-state index contributed by atoms with van der Waals surface area (Å²) in [6, 6.07) is 9.33. The summed E-state index contributed by atoms with van der Waals surface area (Å²) in [6.45, 7) is 0. The van der Waals surface area contributed by atoms with Gasteiger partial charge in [-0.15, -0.1) is 0 Å². The van der Waals surface area contributed by atoms with Crippen LogP contribution in [-0.4, -0.2) is 16.0 Å². The van der Waals surface area contributed by atoms with Gasteiger partial charge in [-0.2, -0.15) is 0 Å². The molecule has 1 aromatic carbocycles. The standard InChI is InChI=1S/C12H9BrClN3OS/c13-8-3-1-2-4-9(8)19-12-10(14)7(5-6-16-12)11(15)17-18/h1-6,18H,(H2,15,17). The third kappa shape index (κ3) is 3.20. The number of amidine groups is 1. The largest absolute Gasteiger partial charge is 0.409 e. The van der Waals surface area contributed by atoms with Crippen molar-refractivity contribution in [3.63, 3.8) is 0 Å². The zero-order valence-electron chi connectivity index (χ0n) is 9.55. The summed E-state index contributed by atoms with van der Waals surface area (Å²) < 4.78 is 0.951. The van der Waals surface area contributed by atoms with E-state index in [1.807, 2.05) is 24.3 Å². The molecular formula is C12H9BrClN3OS. The van der Waals surface area contributed by atoms with Gasteiger partial charge in [0, 0.05) is 21.1 Å². The Morgan fingerprint density at radius 2 is 2.11 bits per heavy atom. The van der Waals surface area contributed by atoms with Gasteiger partial charge in [0.25, 0.3) is 0 Å². The Balaban J connectivity index is 2.40. The molecular weight excluding hydrogens is 350 g/mol. The average Bonchev–Trinajstić information content (AvgIpc) is 2.42. The zero-order chi connectivity index (χ0) is 13.8. The van der Waals surface area contributed by atoms with Crippen LogP contribution in [0.15, 0.2) is 56.1 Å². The topological polar surface area (TPSA) is 71.5 Å². The molecule has 0 saturated carbocycles. The fourth-order valence-electron chi connectivity index (χ4n) is 1.38. The molecule has 0 aliphatic carbocycles.